The second-order valence-electron chi connectivity index (χ2n) is 3.05. The summed E-state index contributed by atoms with van der Waals surface area (Å²) in [6.07, 6.45) is 3.51. The number of rotatable bonds is 3. The fourth-order valence-electron chi connectivity index (χ4n) is 1.03. The Balaban J connectivity index is 2.83. The third kappa shape index (κ3) is 3.60. The molecule has 0 aliphatic rings. The number of carboxylic acid groups (broad SMARTS) is 1. The Morgan fingerprint density at radius 3 is 2.47 bits per heavy atom. The Bertz CT molecular complexity index is 405. The second kappa shape index (κ2) is 5.37. The minimum absolute atomic E-state index is 0.151. The molecule has 3 heteroatoms. The van der Waals surface area contributed by atoms with E-state index in [1.807, 2.05) is 36.4 Å². The van der Waals surface area contributed by atoms with Crippen molar-refractivity contribution in [1.82, 2.24) is 0 Å². The maximum Gasteiger partial charge on any atom is 0.347 e. The highest BCUT2D eigenvalue weighted by molar-refractivity contribution is 6.41. The lowest BCUT2D eigenvalue weighted by Crippen LogP contribution is -1.95. The van der Waals surface area contributed by atoms with E-state index >= 15 is 0 Å². The number of halogens is 1. The molecular formula is C12H11ClO2. The van der Waals surface area contributed by atoms with Crippen molar-refractivity contribution in [2.75, 3.05) is 0 Å². The van der Waals surface area contributed by atoms with Crippen molar-refractivity contribution in [3.63, 3.8) is 0 Å². The number of aliphatic carboxylic acids is 1. The highest BCUT2D eigenvalue weighted by Crippen LogP contribution is 2.12. The van der Waals surface area contributed by atoms with Crippen LogP contribution >= 0.6 is 11.6 Å². The van der Waals surface area contributed by atoms with Gasteiger partial charge in [-0.1, -0.05) is 54.1 Å². The fourth-order valence-corrected chi connectivity index (χ4v) is 1.09. The molecule has 0 heterocycles. The van der Waals surface area contributed by atoms with E-state index in [1.54, 1.807) is 13.0 Å². The Kier molecular flexibility index (Phi) is 4.13. The molecule has 0 aliphatic carbocycles. The van der Waals surface area contributed by atoms with Crippen LogP contribution in [0, 0.1) is 0 Å². The maximum absolute atomic E-state index is 10.5. The maximum atomic E-state index is 10.5. The topological polar surface area (TPSA) is 37.3 Å². The first-order valence-electron chi connectivity index (χ1n) is 4.44. The zero-order chi connectivity index (χ0) is 11.3. The summed E-state index contributed by atoms with van der Waals surface area (Å²) in [7, 11) is 0. The lowest BCUT2D eigenvalue weighted by Gasteiger charge is -1.95. The molecule has 0 spiro atoms. The van der Waals surface area contributed by atoms with Crippen LogP contribution in [0.4, 0.5) is 0 Å². The molecule has 15 heavy (non-hydrogen) atoms. The Hall–Kier alpha value is -1.54. The lowest BCUT2D eigenvalue weighted by molar-refractivity contribution is -0.131. The van der Waals surface area contributed by atoms with Gasteiger partial charge in [-0.3, -0.25) is 0 Å². The van der Waals surface area contributed by atoms with Gasteiger partial charge < -0.3 is 5.11 Å². The van der Waals surface area contributed by atoms with Gasteiger partial charge in [0, 0.05) is 0 Å². The number of allylic oxidation sites excluding steroid dienone is 2. The molecule has 1 aromatic carbocycles. The number of carbonyl (C=O) groups is 1. The minimum Gasteiger partial charge on any atom is -0.477 e. The molecule has 2 nitrogen and oxygen atoms in total. The summed E-state index contributed by atoms with van der Waals surface area (Å²) in [6.45, 7) is 1.66. The Morgan fingerprint density at radius 2 is 1.93 bits per heavy atom. The van der Waals surface area contributed by atoms with Gasteiger partial charge in [0.15, 0.2) is 0 Å². The Labute approximate surface area is 93.5 Å². The molecule has 0 aliphatic heterocycles. The van der Waals surface area contributed by atoms with Gasteiger partial charge in [-0.05, 0) is 18.1 Å². The molecule has 1 aromatic rings. The van der Waals surface area contributed by atoms with Gasteiger partial charge in [0.25, 0.3) is 0 Å². The molecule has 0 bridgehead atoms. The lowest BCUT2D eigenvalue weighted by atomic mass is 10.1. The van der Waals surface area contributed by atoms with Gasteiger partial charge in [0.1, 0.15) is 5.03 Å². The average Bonchev–Trinajstić information content (AvgIpc) is 2.26. The van der Waals surface area contributed by atoms with Crippen molar-refractivity contribution in [2.45, 2.75) is 6.92 Å². The van der Waals surface area contributed by atoms with Crippen LogP contribution < -0.4 is 0 Å². The minimum atomic E-state index is -1.10. The molecule has 1 rings (SSSR count). The first kappa shape index (κ1) is 11.5. The normalized spacial score (nSPS) is 12.7. The predicted octanol–water partition coefficient (Wildman–Crippen LogP) is 3.30. The molecular weight excluding hydrogens is 212 g/mol. The van der Waals surface area contributed by atoms with Crippen molar-refractivity contribution < 1.29 is 9.90 Å². The van der Waals surface area contributed by atoms with E-state index in [9.17, 15) is 4.79 Å². The summed E-state index contributed by atoms with van der Waals surface area (Å²) < 4.78 is 0. The standard InChI is InChI=1S/C12H11ClO2/c1-9(11(13)12(14)15)7-8-10-5-3-2-4-6-10/h2-8H,1H3,(H,14,15). The van der Waals surface area contributed by atoms with E-state index in [2.05, 4.69) is 0 Å². The molecule has 0 atom stereocenters. The van der Waals surface area contributed by atoms with Crippen molar-refractivity contribution >= 4 is 23.6 Å². The van der Waals surface area contributed by atoms with Crippen molar-refractivity contribution in [2.24, 2.45) is 0 Å². The van der Waals surface area contributed by atoms with Crippen LogP contribution in [-0.2, 0) is 4.79 Å². The fraction of sp³-hybridized carbons (Fsp3) is 0.0833. The van der Waals surface area contributed by atoms with Crippen LogP contribution in [0.2, 0.25) is 0 Å². The zero-order valence-electron chi connectivity index (χ0n) is 8.27. The van der Waals surface area contributed by atoms with Gasteiger partial charge in [-0.25, -0.2) is 4.79 Å². The number of hydrogen-bond acceptors (Lipinski definition) is 1. The van der Waals surface area contributed by atoms with Gasteiger partial charge in [-0.15, -0.1) is 0 Å². The zero-order valence-corrected chi connectivity index (χ0v) is 9.03. The van der Waals surface area contributed by atoms with Crippen molar-refractivity contribution in [1.29, 1.82) is 0 Å². The van der Waals surface area contributed by atoms with Crippen LogP contribution in [0.5, 0.6) is 0 Å². The Morgan fingerprint density at radius 1 is 1.33 bits per heavy atom. The largest absolute Gasteiger partial charge is 0.477 e. The molecule has 0 fully saturated rings. The van der Waals surface area contributed by atoms with Gasteiger partial charge in [-0.2, -0.15) is 0 Å². The van der Waals surface area contributed by atoms with E-state index in [4.69, 9.17) is 16.7 Å². The summed E-state index contributed by atoms with van der Waals surface area (Å²) in [6, 6.07) is 9.61. The summed E-state index contributed by atoms with van der Waals surface area (Å²) in [5.41, 5.74) is 1.54. The summed E-state index contributed by atoms with van der Waals surface area (Å²) in [4.78, 5) is 10.5. The summed E-state index contributed by atoms with van der Waals surface area (Å²) in [5, 5.41) is 8.48. The van der Waals surface area contributed by atoms with Crippen LogP contribution in [0.15, 0.2) is 47.0 Å². The van der Waals surface area contributed by atoms with Crippen LogP contribution in [0.3, 0.4) is 0 Å². The van der Waals surface area contributed by atoms with Crippen LogP contribution in [0.1, 0.15) is 12.5 Å². The van der Waals surface area contributed by atoms with E-state index < -0.39 is 5.97 Å². The van der Waals surface area contributed by atoms with Gasteiger partial charge in [0.05, 0.1) is 0 Å². The highest BCUT2D eigenvalue weighted by Gasteiger charge is 2.04. The van der Waals surface area contributed by atoms with Crippen LogP contribution in [0.25, 0.3) is 6.08 Å². The third-order valence-electron chi connectivity index (χ3n) is 1.86. The quantitative estimate of drug-likeness (QED) is 0.630. The monoisotopic (exact) mass is 222 g/mol. The molecule has 0 unspecified atom stereocenters. The molecule has 0 aromatic heterocycles. The van der Waals surface area contributed by atoms with Gasteiger partial charge >= 0.3 is 5.97 Å². The predicted molar refractivity (Wildman–Crippen MR) is 61.7 cm³/mol. The number of hydrogen-bond donors (Lipinski definition) is 1. The molecule has 1 N–H and O–H groups in total. The van der Waals surface area contributed by atoms with E-state index in [0.29, 0.717) is 5.57 Å². The first-order valence-corrected chi connectivity index (χ1v) is 4.82. The third-order valence-corrected chi connectivity index (χ3v) is 2.32. The molecule has 0 amide bonds. The molecule has 0 radical (unpaired) electrons. The number of carboxylic acids is 1. The molecule has 78 valence electrons. The summed E-state index contributed by atoms with van der Waals surface area (Å²) >= 11 is 5.56. The average molecular weight is 223 g/mol. The SMILES string of the molecule is CC(C=Cc1ccccc1)=C(Cl)C(=O)O. The van der Waals surface area contributed by atoms with Gasteiger partial charge in [0.2, 0.25) is 0 Å². The van der Waals surface area contributed by atoms with E-state index in [1.165, 1.54) is 0 Å². The van der Waals surface area contributed by atoms with Crippen molar-refractivity contribution in [3.05, 3.63) is 52.6 Å². The van der Waals surface area contributed by atoms with Crippen molar-refractivity contribution in [3.8, 4) is 0 Å². The van der Waals surface area contributed by atoms with E-state index in [0.717, 1.165) is 5.56 Å². The smallest absolute Gasteiger partial charge is 0.347 e. The number of benzene rings is 1. The molecule has 0 saturated carbocycles. The second-order valence-corrected chi connectivity index (χ2v) is 3.42. The first-order chi connectivity index (χ1) is 7.11. The van der Waals surface area contributed by atoms with E-state index in [-0.39, 0.29) is 5.03 Å². The highest BCUT2D eigenvalue weighted by atomic mass is 35.5. The van der Waals surface area contributed by atoms with Crippen LogP contribution in [-0.4, -0.2) is 11.1 Å². The summed E-state index contributed by atoms with van der Waals surface area (Å²) in [5.74, 6) is -1.10. The molecule has 0 saturated heterocycles.